The lowest BCUT2D eigenvalue weighted by Gasteiger charge is -2.05. The average molecular weight is 334 g/mol. The van der Waals surface area contributed by atoms with Gasteiger partial charge in [-0.1, -0.05) is 71.1 Å². The fourth-order valence-corrected chi connectivity index (χ4v) is 2.77. The molecule has 0 saturated heterocycles. The molecule has 0 aromatic rings. The number of hydrogen-bond donors (Lipinski definition) is 0. The quantitative estimate of drug-likeness (QED) is 0.206. The Hall–Kier alpha value is 0.310. The van der Waals surface area contributed by atoms with Crippen LogP contribution in [0.1, 0.15) is 90.9 Å². The van der Waals surface area contributed by atoms with Crippen molar-refractivity contribution in [3.63, 3.8) is 0 Å². The molecule has 0 aliphatic carbocycles. The van der Waals surface area contributed by atoms with E-state index in [1.54, 1.807) is 0 Å². The van der Waals surface area contributed by atoms with E-state index in [4.69, 9.17) is 13.8 Å². The zero-order chi connectivity index (χ0) is 16.1. The molecule has 0 radical (unpaired) electrons. The van der Waals surface area contributed by atoms with Gasteiger partial charge in [-0.15, -0.1) is 0 Å². The molecule has 0 bridgehead atoms. The molecule has 0 aromatic carbocycles. The van der Waals surface area contributed by atoms with Gasteiger partial charge in [-0.2, -0.15) is 0 Å². The Balaban J connectivity index is 2.91. The first-order valence-electron chi connectivity index (χ1n) is 9.48. The fourth-order valence-electron chi connectivity index (χ4n) is 2.35. The van der Waals surface area contributed by atoms with E-state index in [2.05, 4.69) is 6.92 Å². The molecule has 22 heavy (non-hydrogen) atoms. The van der Waals surface area contributed by atoms with Gasteiger partial charge in [0, 0.05) is 13.2 Å². The van der Waals surface area contributed by atoms with Gasteiger partial charge in [-0.3, -0.25) is 0 Å². The third-order valence-corrected chi connectivity index (χ3v) is 4.42. The van der Waals surface area contributed by atoms with Gasteiger partial charge in [0.15, 0.2) is 9.03 Å². The van der Waals surface area contributed by atoms with Crippen LogP contribution in [0.15, 0.2) is 0 Å². The van der Waals surface area contributed by atoms with Crippen LogP contribution in [0.25, 0.3) is 0 Å². The summed E-state index contributed by atoms with van der Waals surface area (Å²) in [5, 5.41) is 0. The topological polar surface area (TPSA) is 27.7 Å². The molecule has 0 amide bonds. The smallest absolute Gasteiger partial charge is 0.155 e. The van der Waals surface area contributed by atoms with Crippen molar-refractivity contribution in [2.75, 3.05) is 26.4 Å². The predicted molar refractivity (Wildman–Crippen MR) is 97.8 cm³/mol. The minimum Gasteiger partial charge on any atom is -0.381 e. The van der Waals surface area contributed by atoms with Crippen LogP contribution in [0.5, 0.6) is 0 Å². The van der Waals surface area contributed by atoms with Crippen LogP contribution in [-0.2, 0) is 13.8 Å². The molecule has 1 unspecified atom stereocenters. The molecule has 0 aliphatic heterocycles. The van der Waals surface area contributed by atoms with Crippen LogP contribution in [0.3, 0.4) is 0 Å². The lowest BCUT2D eigenvalue weighted by Crippen LogP contribution is -2.00. The zero-order valence-electron chi connectivity index (χ0n) is 15.0. The van der Waals surface area contributed by atoms with Crippen molar-refractivity contribution in [3.05, 3.63) is 0 Å². The van der Waals surface area contributed by atoms with Crippen LogP contribution >= 0.6 is 9.03 Å². The van der Waals surface area contributed by atoms with Crippen molar-refractivity contribution < 1.29 is 13.8 Å². The molecule has 0 heterocycles. The first-order chi connectivity index (χ1) is 10.9. The molecule has 0 saturated carbocycles. The van der Waals surface area contributed by atoms with E-state index in [-0.39, 0.29) is 9.03 Å². The van der Waals surface area contributed by atoms with Gasteiger partial charge in [0.25, 0.3) is 0 Å². The highest BCUT2D eigenvalue weighted by atomic mass is 31.1. The van der Waals surface area contributed by atoms with Crippen molar-refractivity contribution in [3.8, 4) is 0 Å². The highest BCUT2D eigenvalue weighted by Gasteiger charge is 1.94. The summed E-state index contributed by atoms with van der Waals surface area (Å²) in [5.74, 6) is 0. The number of hydrogen-bond acceptors (Lipinski definition) is 3. The Morgan fingerprint density at radius 1 is 0.545 bits per heavy atom. The van der Waals surface area contributed by atoms with Gasteiger partial charge in [0.2, 0.25) is 0 Å². The summed E-state index contributed by atoms with van der Waals surface area (Å²) < 4.78 is 16.0. The highest BCUT2D eigenvalue weighted by Crippen LogP contribution is 2.13. The molecule has 3 nitrogen and oxygen atoms in total. The molecular weight excluding hydrogens is 295 g/mol. The van der Waals surface area contributed by atoms with Crippen molar-refractivity contribution in [1.82, 2.24) is 0 Å². The summed E-state index contributed by atoms with van der Waals surface area (Å²) in [6.45, 7) is 7.46. The summed E-state index contributed by atoms with van der Waals surface area (Å²) in [4.78, 5) is 0. The van der Waals surface area contributed by atoms with Gasteiger partial charge in [0.05, 0.1) is 13.2 Å². The van der Waals surface area contributed by atoms with Crippen LogP contribution < -0.4 is 0 Å². The molecule has 1 atom stereocenters. The minimum atomic E-state index is 0.188. The Bertz CT molecular complexity index is 171. The molecule has 4 heteroatoms. The van der Waals surface area contributed by atoms with E-state index in [1.807, 2.05) is 6.92 Å². The lowest BCUT2D eigenvalue weighted by atomic mass is 10.1. The van der Waals surface area contributed by atoms with Gasteiger partial charge in [-0.25, -0.2) is 0 Å². The van der Waals surface area contributed by atoms with Gasteiger partial charge >= 0.3 is 0 Å². The van der Waals surface area contributed by atoms with Crippen LogP contribution in [0.2, 0.25) is 0 Å². The van der Waals surface area contributed by atoms with Crippen molar-refractivity contribution in [2.45, 2.75) is 90.9 Å². The Kier molecular flexibility index (Phi) is 21.6. The zero-order valence-corrected chi connectivity index (χ0v) is 16.0. The van der Waals surface area contributed by atoms with E-state index in [0.717, 1.165) is 32.8 Å². The predicted octanol–water partition coefficient (Wildman–Crippen LogP) is 6.27. The van der Waals surface area contributed by atoms with E-state index >= 15 is 0 Å². The minimum absolute atomic E-state index is 0.188. The van der Waals surface area contributed by atoms with E-state index in [1.165, 1.54) is 70.6 Å². The number of ether oxygens (including phenoxy) is 1. The molecule has 0 rings (SSSR count). The highest BCUT2D eigenvalue weighted by molar-refractivity contribution is 7.26. The normalized spacial score (nSPS) is 11.7. The maximum Gasteiger partial charge on any atom is 0.155 e. The van der Waals surface area contributed by atoms with Crippen LogP contribution in [0.4, 0.5) is 0 Å². The summed E-state index contributed by atoms with van der Waals surface area (Å²) in [6, 6.07) is 0. The molecule has 0 N–H and O–H groups in total. The number of unbranched alkanes of at least 4 members (excludes halogenated alkanes) is 10. The molecule has 0 aliphatic rings. The van der Waals surface area contributed by atoms with E-state index in [9.17, 15) is 0 Å². The van der Waals surface area contributed by atoms with Crippen LogP contribution in [0, 0.1) is 0 Å². The summed E-state index contributed by atoms with van der Waals surface area (Å²) >= 11 is 0. The first-order valence-corrected chi connectivity index (χ1v) is 10.3. The molecular formula is C18H39O3P. The Morgan fingerprint density at radius 2 is 1.09 bits per heavy atom. The molecule has 134 valence electrons. The maximum absolute atomic E-state index is 5.61. The number of rotatable bonds is 19. The third-order valence-electron chi connectivity index (χ3n) is 3.69. The lowest BCUT2D eigenvalue weighted by molar-refractivity contribution is 0.116. The van der Waals surface area contributed by atoms with Crippen molar-refractivity contribution >= 4 is 9.03 Å². The maximum atomic E-state index is 5.61. The largest absolute Gasteiger partial charge is 0.381 e. The van der Waals surface area contributed by atoms with Crippen LogP contribution in [-0.4, -0.2) is 26.4 Å². The molecule has 0 spiro atoms. The monoisotopic (exact) mass is 334 g/mol. The molecule has 0 aromatic heterocycles. The summed E-state index contributed by atoms with van der Waals surface area (Å²) in [6.07, 6.45) is 16.2. The standard InChI is InChI=1S/C18H39O3P/c1-3-5-6-7-8-9-10-11-12-13-14-16-19-17-15-18-21-22-20-4-2/h22H,3-18H2,1-2H3. The van der Waals surface area contributed by atoms with E-state index in [0.29, 0.717) is 0 Å². The fraction of sp³-hybridized carbons (Fsp3) is 1.00. The Labute approximate surface area is 140 Å². The van der Waals surface area contributed by atoms with Crippen molar-refractivity contribution in [1.29, 1.82) is 0 Å². The van der Waals surface area contributed by atoms with Crippen molar-refractivity contribution in [2.24, 2.45) is 0 Å². The SMILES string of the molecule is CCCCCCCCCCCCCOCCCOPOCC. The first kappa shape index (κ1) is 22.3. The average Bonchev–Trinajstić information content (AvgIpc) is 2.54. The summed E-state index contributed by atoms with van der Waals surface area (Å²) in [5.41, 5.74) is 0. The van der Waals surface area contributed by atoms with E-state index < -0.39 is 0 Å². The second kappa shape index (κ2) is 21.3. The van der Waals surface area contributed by atoms with Gasteiger partial charge in [-0.05, 0) is 19.8 Å². The van der Waals surface area contributed by atoms with Gasteiger partial charge in [0.1, 0.15) is 0 Å². The second-order valence-corrected chi connectivity index (χ2v) is 6.61. The van der Waals surface area contributed by atoms with Gasteiger partial charge < -0.3 is 13.8 Å². The Morgan fingerprint density at radius 3 is 1.68 bits per heavy atom. The molecule has 0 fully saturated rings. The third kappa shape index (κ3) is 20.3. The second-order valence-electron chi connectivity index (χ2n) is 5.87. The summed E-state index contributed by atoms with van der Waals surface area (Å²) in [7, 11) is 0.188.